The second kappa shape index (κ2) is 62.7. The SMILES string of the molecule is Cc1c[c-]c(-c2ccc(C)cn2)cc1.Cc1c[c-]c(-c2ccccn2)cc1.Cc1cc[c-]c(-c2cc(C)ccn2)c1.Cc1cc[c-]c(-c2ccccn2)c1.Cc1cc[c-]c(-c2ccccn2)c1.Cc1cc[c-]c(-c2nccc3ccccc23)c1.Cc1cc[c-]c(-c2nccc3ccccc23)c1.Cc1ccc(-c2[c-]ccc(C)c2)nc1.Cc1ccc(-c2[c-]ccc(C)c2)nc1.Cc1ccc(-c2[c-]cccc2)nc1.[Ir].[Ir].[Ir].[Ir].[Ir]. The van der Waals surface area contributed by atoms with Crippen molar-refractivity contribution in [1.82, 2.24) is 49.8 Å². The molecule has 0 aliphatic rings. The molecule has 12 aromatic carbocycles. The van der Waals surface area contributed by atoms with E-state index in [1.54, 1.807) is 18.6 Å². The van der Waals surface area contributed by atoms with Crippen molar-refractivity contribution >= 4 is 21.5 Å². The Labute approximate surface area is 937 Å². The van der Waals surface area contributed by atoms with Crippen molar-refractivity contribution < 1.29 is 101 Å². The molecule has 0 aliphatic heterocycles. The van der Waals surface area contributed by atoms with Crippen LogP contribution in [0, 0.1) is 158 Å². The molecular weight excluding hydrogens is 2690 g/mol. The third-order valence-electron chi connectivity index (χ3n) is 22.0. The molecule has 0 saturated carbocycles. The fourth-order valence-electron chi connectivity index (χ4n) is 14.4. The summed E-state index contributed by atoms with van der Waals surface area (Å²) in [5, 5.41) is 4.79. The molecule has 15 heteroatoms. The molecule has 10 aromatic heterocycles. The van der Waals surface area contributed by atoms with Crippen LogP contribution in [0.4, 0.5) is 0 Å². The van der Waals surface area contributed by atoms with Crippen LogP contribution >= 0.6 is 0 Å². The van der Waals surface area contributed by atoms with Crippen LogP contribution in [0.1, 0.15) is 77.9 Å². The fourth-order valence-corrected chi connectivity index (χ4v) is 14.4. The number of benzene rings is 12. The van der Waals surface area contributed by atoms with Gasteiger partial charge >= 0.3 is 0 Å². The van der Waals surface area contributed by atoms with Crippen molar-refractivity contribution in [1.29, 1.82) is 0 Å². The van der Waals surface area contributed by atoms with Gasteiger partial charge in [0.05, 0.1) is 0 Å². The molecule has 0 fully saturated rings. The van der Waals surface area contributed by atoms with Crippen LogP contribution in [0.15, 0.2) is 426 Å². The maximum atomic E-state index is 4.49. The van der Waals surface area contributed by atoms with Crippen LogP contribution in [0.5, 0.6) is 0 Å². The van der Waals surface area contributed by atoms with Gasteiger partial charge in [-0.25, -0.2) is 0 Å². The number of aromatic nitrogens is 10. The fraction of sp³-hybridized carbons (Fsp3) is 0.106. The van der Waals surface area contributed by atoms with Gasteiger partial charge in [-0.05, 0) is 172 Å². The Morgan fingerprint density at radius 3 is 0.687 bits per heavy atom. The van der Waals surface area contributed by atoms with Gasteiger partial charge in [0, 0.05) is 162 Å². The monoisotopic (exact) mass is 2800 g/mol. The van der Waals surface area contributed by atoms with Crippen LogP contribution in [0.3, 0.4) is 0 Å². The maximum Gasteiger partial charge on any atom is 0.0190 e. The van der Waals surface area contributed by atoms with Crippen LogP contribution in [0.25, 0.3) is 134 Å². The van der Waals surface area contributed by atoms with E-state index in [2.05, 4.69) is 301 Å². The Bertz CT molecular complexity index is 7180. The molecule has 0 saturated heterocycles. The quantitative estimate of drug-likeness (QED) is 0.122. The first-order valence-electron chi connectivity index (χ1n) is 47.0. The summed E-state index contributed by atoms with van der Waals surface area (Å²) in [6.07, 6.45) is 18.4. The Hall–Kier alpha value is -14.1. The molecule has 745 valence electrons. The normalized spacial score (nSPS) is 9.84. The Morgan fingerprint density at radius 1 is 0.150 bits per heavy atom. The standard InChI is InChI=1S/2C16H12N.4C13H12N.4C12H10N.5Ir/c2*1-12-5-4-7-14(11-12)16-15-8-3-2-6-13(15)9-10-17-16;1-10-3-6-12(7-4-10)13-8-5-11(2)9-14-13;1-10-4-3-5-12(8-10)13-9-11(2)6-7-14-13;2*1-10-4-3-5-12(8-10)13-7-6-11(2)9-14-13;2*1-10-5-4-6-11(9-10)12-7-2-3-8-13-12;1-10-5-7-11(8-6-10)12-4-2-3-9-13-12;1-10-7-8-12(13-9-10)11-5-3-2-4-6-11;;;;;/h2*2-6,8-11H,1H3;3-6,8-9H,1-2H3;3*3-4,6-9H,1-2H3;2*2-5,7-9H,1H3;2-7,9H,1H3;2-5,7-9H,1H3;;;;;/q10*-1;;;;;. The number of pyridine rings is 10. The van der Waals surface area contributed by atoms with Crippen molar-refractivity contribution in [3.05, 3.63) is 565 Å². The summed E-state index contributed by atoms with van der Waals surface area (Å²) in [7, 11) is 0. The van der Waals surface area contributed by atoms with Crippen LogP contribution in [-0.2, 0) is 101 Å². The molecule has 0 N–H and O–H groups in total. The van der Waals surface area contributed by atoms with Crippen molar-refractivity contribution in [2.45, 2.75) is 96.9 Å². The zero-order valence-electron chi connectivity index (χ0n) is 84.6. The second-order valence-electron chi connectivity index (χ2n) is 34.3. The predicted octanol–water partition coefficient (Wildman–Crippen LogP) is 32.1. The van der Waals surface area contributed by atoms with E-state index in [-0.39, 0.29) is 101 Å². The van der Waals surface area contributed by atoms with Crippen molar-refractivity contribution in [3.8, 4) is 113 Å². The average molecular weight is 2800 g/mol. The zero-order chi connectivity index (χ0) is 99.6. The number of rotatable bonds is 10. The van der Waals surface area contributed by atoms with Gasteiger partial charge in [0.15, 0.2) is 0 Å². The Balaban J connectivity index is 0.000000199. The van der Waals surface area contributed by atoms with Gasteiger partial charge in [0.1, 0.15) is 0 Å². The molecular formula is C132H112Ir5N10-10. The molecule has 0 unspecified atom stereocenters. The van der Waals surface area contributed by atoms with Gasteiger partial charge in [-0.3, -0.25) is 0 Å². The van der Waals surface area contributed by atoms with E-state index in [0.29, 0.717) is 0 Å². The van der Waals surface area contributed by atoms with Gasteiger partial charge in [-0.2, -0.15) is 0 Å². The zero-order valence-corrected chi connectivity index (χ0v) is 96.5. The van der Waals surface area contributed by atoms with Crippen molar-refractivity contribution in [2.24, 2.45) is 0 Å². The topological polar surface area (TPSA) is 129 Å². The van der Waals surface area contributed by atoms with Gasteiger partial charge in [-0.15, -0.1) is 354 Å². The summed E-state index contributed by atoms with van der Waals surface area (Å²) in [6, 6.07) is 153. The molecule has 0 amide bonds. The van der Waals surface area contributed by atoms with Crippen LogP contribution < -0.4 is 0 Å². The van der Waals surface area contributed by atoms with Gasteiger partial charge in [0.2, 0.25) is 0 Å². The Kier molecular flexibility index (Phi) is 50.4. The second-order valence-corrected chi connectivity index (χ2v) is 34.3. The molecule has 10 heterocycles. The van der Waals surface area contributed by atoms with Gasteiger partial charge < -0.3 is 49.8 Å². The summed E-state index contributed by atoms with van der Waals surface area (Å²) in [6.45, 7) is 28.9. The molecule has 0 spiro atoms. The Morgan fingerprint density at radius 2 is 0.401 bits per heavy atom. The van der Waals surface area contributed by atoms with E-state index < -0.39 is 0 Å². The van der Waals surface area contributed by atoms with Crippen molar-refractivity contribution in [2.75, 3.05) is 0 Å². The van der Waals surface area contributed by atoms with E-state index in [4.69, 9.17) is 0 Å². The number of aryl methyl sites for hydroxylation is 14. The average Bonchev–Trinajstić information content (AvgIpc) is 0.805. The third kappa shape index (κ3) is 38.7. The number of fused-ring (bicyclic) bond motifs is 2. The first-order valence-corrected chi connectivity index (χ1v) is 47.0. The third-order valence-corrected chi connectivity index (χ3v) is 22.0. The minimum atomic E-state index is 0. The molecule has 0 aliphatic carbocycles. The van der Waals surface area contributed by atoms with Gasteiger partial charge in [-0.1, -0.05) is 207 Å². The smallest absolute Gasteiger partial charge is 0.0190 e. The van der Waals surface area contributed by atoms with E-state index in [0.717, 1.165) is 113 Å². The molecule has 147 heavy (non-hydrogen) atoms. The van der Waals surface area contributed by atoms with Gasteiger partial charge in [0.25, 0.3) is 0 Å². The molecule has 5 radical (unpaired) electrons. The first-order chi connectivity index (χ1) is 69.1. The maximum absolute atomic E-state index is 4.49. The summed E-state index contributed by atoms with van der Waals surface area (Å²) in [5.41, 5.74) is 37.5. The van der Waals surface area contributed by atoms with Crippen molar-refractivity contribution in [3.63, 3.8) is 0 Å². The first kappa shape index (κ1) is 118. The summed E-state index contributed by atoms with van der Waals surface area (Å²) in [4.78, 5) is 43.4. The summed E-state index contributed by atoms with van der Waals surface area (Å²) >= 11 is 0. The van der Waals surface area contributed by atoms with E-state index >= 15 is 0 Å². The van der Waals surface area contributed by atoms with Crippen LogP contribution in [-0.4, -0.2) is 49.8 Å². The number of hydrogen-bond donors (Lipinski definition) is 0. The minimum Gasteiger partial charge on any atom is -0.305 e. The molecule has 0 atom stereocenters. The summed E-state index contributed by atoms with van der Waals surface area (Å²) in [5.74, 6) is 0. The largest absolute Gasteiger partial charge is 0.305 e. The number of nitrogens with zero attached hydrogens (tertiary/aromatic N) is 10. The molecule has 22 aromatic rings. The minimum absolute atomic E-state index is 0. The molecule has 10 nitrogen and oxygen atoms in total. The van der Waals surface area contributed by atoms with Crippen LogP contribution in [0.2, 0.25) is 0 Å². The predicted molar refractivity (Wildman–Crippen MR) is 586 cm³/mol. The molecule has 22 rings (SSSR count). The molecule has 0 bridgehead atoms. The van der Waals surface area contributed by atoms with E-state index in [1.165, 1.54) is 99.4 Å². The number of hydrogen-bond acceptors (Lipinski definition) is 10. The van der Waals surface area contributed by atoms with E-state index in [1.807, 2.05) is 314 Å². The summed E-state index contributed by atoms with van der Waals surface area (Å²) < 4.78 is 0. The van der Waals surface area contributed by atoms with E-state index in [9.17, 15) is 0 Å².